The summed E-state index contributed by atoms with van der Waals surface area (Å²) in [5.41, 5.74) is 4.06. The number of ether oxygens (including phenoxy) is 1. The van der Waals surface area contributed by atoms with Crippen LogP contribution in [0.3, 0.4) is 0 Å². The minimum absolute atomic E-state index is 0.138. The zero-order chi connectivity index (χ0) is 15.7. The highest BCUT2D eigenvalue weighted by molar-refractivity contribution is 5.70. The maximum atomic E-state index is 9.47. The van der Waals surface area contributed by atoms with Crippen LogP contribution in [0.4, 0.5) is 0 Å². The second-order valence-corrected chi connectivity index (χ2v) is 5.54. The van der Waals surface area contributed by atoms with Crippen LogP contribution in [0.5, 0.6) is 5.75 Å². The molecular weight excluding hydrogens is 274 g/mol. The van der Waals surface area contributed by atoms with Gasteiger partial charge in [-0.25, -0.2) is 4.98 Å². The lowest BCUT2D eigenvalue weighted by atomic mass is 10.1. The van der Waals surface area contributed by atoms with Gasteiger partial charge >= 0.3 is 0 Å². The predicted molar refractivity (Wildman–Crippen MR) is 85.8 cm³/mol. The highest BCUT2D eigenvalue weighted by atomic mass is 16.5. The number of rotatable bonds is 3. The Kier molecular flexibility index (Phi) is 3.56. The van der Waals surface area contributed by atoms with E-state index >= 15 is 0 Å². The first-order valence-electron chi connectivity index (χ1n) is 7.24. The van der Waals surface area contributed by atoms with Crippen LogP contribution >= 0.6 is 0 Å². The van der Waals surface area contributed by atoms with Gasteiger partial charge in [0.1, 0.15) is 23.2 Å². The van der Waals surface area contributed by atoms with E-state index in [9.17, 15) is 5.26 Å². The maximum Gasteiger partial charge on any atom is 0.152 e. The van der Waals surface area contributed by atoms with Crippen LogP contribution in [0, 0.1) is 18.3 Å². The van der Waals surface area contributed by atoms with Gasteiger partial charge in [-0.1, -0.05) is 0 Å². The average Bonchev–Trinajstić information content (AvgIpc) is 2.84. The second-order valence-electron chi connectivity index (χ2n) is 5.54. The van der Waals surface area contributed by atoms with Crippen molar-refractivity contribution in [2.45, 2.75) is 26.9 Å². The molecule has 3 aromatic rings. The van der Waals surface area contributed by atoms with Crippen molar-refractivity contribution in [2.75, 3.05) is 0 Å². The van der Waals surface area contributed by atoms with Crippen molar-refractivity contribution in [3.63, 3.8) is 0 Å². The summed E-state index contributed by atoms with van der Waals surface area (Å²) >= 11 is 0. The Morgan fingerprint density at radius 2 is 1.91 bits per heavy atom. The average molecular weight is 291 g/mol. The molecule has 110 valence electrons. The van der Waals surface area contributed by atoms with E-state index in [2.05, 4.69) is 11.1 Å². The van der Waals surface area contributed by atoms with E-state index < -0.39 is 0 Å². The van der Waals surface area contributed by atoms with Crippen LogP contribution in [-0.2, 0) is 0 Å². The quantitative estimate of drug-likeness (QED) is 0.733. The van der Waals surface area contributed by atoms with E-state index in [0.29, 0.717) is 11.4 Å². The molecule has 2 aromatic heterocycles. The standard InChI is InChI=1S/C18H17N3O/c1-12(2)22-15-6-4-14(5-7-15)18-16(11-19)21-9-8-13(3)10-17(21)20-18/h4-10,12H,1-3H3. The second kappa shape index (κ2) is 5.53. The summed E-state index contributed by atoms with van der Waals surface area (Å²) < 4.78 is 7.47. The molecule has 0 aliphatic rings. The van der Waals surface area contributed by atoms with Gasteiger partial charge in [-0.05, 0) is 62.7 Å². The first-order chi connectivity index (χ1) is 10.6. The Morgan fingerprint density at radius 3 is 2.55 bits per heavy atom. The Bertz CT molecular complexity index is 854. The number of nitriles is 1. The minimum Gasteiger partial charge on any atom is -0.491 e. The minimum atomic E-state index is 0.138. The van der Waals surface area contributed by atoms with E-state index in [-0.39, 0.29) is 6.10 Å². The predicted octanol–water partition coefficient (Wildman–Crippen LogP) is 3.97. The zero-order valence-corrected chi connectivity index (χ0v) is 12.9. The number of fused-ring (bicyclic) bond motifs is 1. The van der Waals surface area contributed by atoms with E-state index in [1.54, 1.807) is 0 Å². The van der Waals surface area contributed by atoms with Crippen molar-refractivity contribution in [3.8, 4) is 23.1 Å². The van der Waals surface area contributed by atoms with Gasteiger partial charge in [-0.2, -0.15) is 5.26 Å². The Hall–Kier alpha value is -2.80. The number of hydrogen-bond donors (Lipinski definition) is 0. The molecule has 0 bridgehead atoms. The summed E-state index contributed by atoms with van der Waals surface area (Å²) in [5, 5.41) is 9.47. The largest absolute Gasteiger partial charge is 0.491 e. The normalized spacial score (nSPS) is 10.9. The Morgan fingerprint density at radius 1 is 1.18 bits per heavy atom. The third-order valence-electron chi connectivity index (χ3n) is 3.39. The van der Waals surface area contributed by atoms with Gasteiger partial charge in [0.15, 0.2) is 5.69 Å². The molecule has 0 fully saturated rings. The van der Waals surface area contributed by atoms with Crippen molar-refractivity contribution < 1.29 is 4.74 Å². The summed E-state index contributed by atoms with van der Waals surface area (Å²) in [4.78, 5) is 4.60. The number of benzene rings is 1. The molecule has 0 unspecified atom stereocenters. The lowest BCUT2D eigenvalue weighted by Crippen LogP contribution is -2.05. The van der Waals surface area contributed by atoms with Crippen LogP contribution in [0.15, 0.2) is 42.6 Å². The number of pyridine rings is 1. The highest BCUT2D eigenvalue weighted by Crippen LogP contribution is 2.26. The monoisotopic (exact) mass is 291 g/mol. The van der Waals surface area contributed by atoms with Crippen LogP contribution in [-0.4, -0.2) is 15.5 Å². The fourth-order valence-electron chi connectivity index (χ4n) is 2.42. The summed E-state index contributed by atoms with van der Waals surface area (Å²) in [7, 11) is 0. The van der Waals surface area contributed by atoms with Crippen LogP contribution in [0.1, 0.15) is 25.1 Å². The van der Waals surface area contributed by atoms with Crippen LogP contribution in [0.2, 0.25) is 0 Å². The molecule has 0 amide bonds. The highest BCUT2D eigenvalue weighted by Gasteiger charge is 2.13. The van der Waals surface area contributed by atoms with Gasteiger partial charge in [-0.3, -0.25) is 4.40 Å². The van der Waals surface area contributed by atoms with Crippen LogP contribution < -0.4 is 4.74 Å². The lowest BCUT2D eigenvalue weighted by molar-refractivity contribution is 0.242. The zero-order valence-electron chi connectivity index (χ0n) is 12.9. The molecule has 0 saturated carbocycles. The van der Waals surface area contributed by atoms with E-state index in [1.807, 2.05) is 67.8 Å². The molecule has 4 heteroatoms. The van der Waals surface area contributed by atoms with E-state index in [0.717, 1.165) is 22.5 Å². The lowest BCUT2D eigenvalue weighted by Gasteiger charge is -2.09. The molecule has 4 nitrogen and oxygen atoms in total. The maximum absolute atomic E-state index is 9.47. The third kappa shape index (κ3) is 2.53. The molecule has 0 aliphatic heterocycles. The van der Waals surface area contributed by atoms with E-state index in [1.165, 1.54) is 0 Å². The fraction of sp³-hybridized carbons (Fsp3) is 0.222. The topological polar surface area (TPSA) is 50.3 Å². The van der Waals surface area contributed by atoms with Crippen molar-refractivity contribution >= 4 is 5.65 Å². The molecule has 0 radical (unpaired) electrons. The Labute approximate surface area is 129 Å². The number of nitrogens with zero attached hydrogens (tertiary/aromatic N) is 3. The van der Waals surface area contributed by atoms with Crippen LogP contribution in [0.25, 0.3) is 16.9 Å². The summed E-state index contributed by atoms with van der Waals surface area (Å²) in [5.74, 6) is 0.817. The molecule has 0 atom stereocenters. The fourth-order valence-corrected chi connectivity index (χ4v) is 2.42. The van der Waals surface area contributed by atoms with Gasteiger partial charge in [0.2, 0.25) is 0 Å². The molecule has 1 aromatic carbocycles. The SMILES string of the molecule is Cc1ccn2c(C#N)c(-c3ccc(OC(C)C)cc3)nc2c1. The molecular formula is C18H17N3O. The molecule has 0 saturated heterocycles. The molecule has 2 heterocycles. The van der Waals surface area contributed by atoms with Gasteiger partial charge < -0.3 is 4.74 Å². The first-order valence-corrected chi connectivity index (χ1v) is 7.24. The summed E-state index contributed by atoms with van der Waals surface area (Å²) in [6, 6.07) is 13.9. The van der Waals surface area contributed by atoms with Gasteiger partial charge in [0.05, 0.1) is 6.10 Å². The van der Waals surface area contributed by atoms with Gasteiger partial charge in [-0.15, -0.1) is 0 Å². The Balaban J connectivity index is 2.08. The molecule has 22 heavy (non-hydrogen) atoms. The van der Waals surface area contributed by atoms with E-state index in [4.69, 9.17) is 4.74 Å². The van der Waals surface area contributed by atoms with Gasteiger partial charge in [0.25, 0.3) is 0 Å². The first kappa shape index (κ1) is 14.2. The van der Waals surface area contributed by atoms with Crippen molar-refractivity contribution in [3.05, 3.63) is 53.9 Å². The molecule has 3 rings (SSSR count). The molecule has 0 aliphatic carbocycles. The number of aryl methyl sites for hydroxylation is 1. The van der Waals surface area contributed by atoms with Crippen molar-refractivity contribution in [1.29, 1.82) is 5.26 Å². The summed E-state index contributed by atoms with van der Waals surface area (Å²) in [6.45, 7) is 6.00. The van der Waals surface area contributed by atoms with Crippen molar-refractivity contribution in [1.82, 2.24) is 9.38 Å². The molecule has 0 N–H and O–H groups in total. The smallest absolute Gasteiger partial charge is 0.152 e. The van der Waals surface area contributed by atoms with Gasteiger partial charge in [0, 0.05) is 11.8 Å². The summed E-state index contributed by atoms with van der Waals surface area (Å²) in [6.07, 6.45) is 2.02. The number of imidazole rings is 1. The molecule has 0 spiro atoms. The van der Waals surface area contributed by atoms with Crippen molar-refractivity contribution in [2.24, 2.45) is 0 Å². The number of hydrogen-bond acceptors (Lipinski definition) is 3. The number of aromatic nitrogens is 2. The third-order valence-corrected chi connectivity index (χ3v) is 3.39.